The fraction of sp³-hybridized carbons (Fsp3) is 0.172. The second kappa shape index (κ2) is 8.50. The van der Waals surface area contributed by atoms with Crippen LogP contribution in [0, 0.1) is 20.8 Å². The molecule has 4 rings (SSSR count). The average molecular weight is 408 g/mol. The molecule has 1 atom stereocenters. The predicted octanol–water partition coefficient (Wildman–Crippen LogP) is 5.94. The maximum Gasteiger partial charge on any atom is 0.140 e. The predicted molar refractivity (Wildman–Crippen MR) is 128 cm³/mol. The number of nitrogens with two attached hydrogens (primary N) is 1. The van der Waals surface area contributed by atoms with Crippen LogP contribution in [0.1, 0.15) is 50.5 Å². The van der Waals surface area contributed by atoms with Gasteiger partial charge >= 0.3 is 0 Å². The first-order valence-corrected chi connectivity index (χ1v) is 10.7. The van der Waals surface area contributed by atoms with E-state index in [-0.39, 0.29) is 6.04 Å². The standard InChI is InChI=1S/C29H29NO/c1-20-7-13-23(14-8-20)28(30)24-5-4-6-27(19-24)29(31,25-15-9-21(2)10-16-25)26-17-11-22(3)12-18-26/h4-19,28,31H,30H2,1-3H3. The van der Waals surface area contributed by atoms with Crippen LogP contribution in [0.5, 0.6) is 0 Å². The molecule has 0 saturated heterocycles. The fourth-order valence-electron chi connectivity index (χ4n) is 4.01. The van der Waals surface area contributed by atoms with E-state index >= 15 is 0 Å². The maximum atomic E-state index is 12.2. The SMILES string of the molecule is Cc1ccc(C(N)c2cccc(C(O)(c3ccc(C)cc3)c3ccc(C)cc3)c2)cc1. The van der Waals surface area contributed by atoms with E-state index in [0.717, 1.165) is 38.9 Å². The molecule has 4 aromatic rings. The molecular formula is C29H29NO. The van der Waals surface area contributed by atoms with E-state index < -0.39 is 5.60 Å². The van der Waals surface area contributed by atoms with Crippen molar-refractivity contribution >= 4 is 0 Å². The van der Waals surface area contributed by atoms with E-state index in [2.05, 4.69) is 45.0 Å². The van der Waals surface area contributed by atoms with Gasteiger partial charge < -0.3 is 10.8 Å². The minimum atomic E-state index is -1.27. The first-order valence-electron chi connectivity index (χ1n) is 10.7. The molecule has 0 heterocycles. The molecule has 0 bridgehead atoms. The van der Waals surface area contributed by atoms with E-state index in [1.165, 1.54) is 5.56 Å². The highest BCUT2D eigenvalue weighted by Crippen LogP contribution is 2.38. The molecular weight excluding hydrogens is 378 g/mol. The average Bonchev–Trinajstić information content (AvgIpc) is 2.79. The summed E-state index contributed by atoms with van der Waals surface area (Å²) in [6.45, 7) is 6.17. The number of hydrogen-bond donors (Lipinski definition) is 2. The summed E-state index contributed by atoms with van der Waals surface area (Å²) in [6, 6.07) is 32.2. The molecule has 0 spiro atoms. The summed E-state index contributed by atoms with van der Waals surface area (Å²) in [4.78, 5) is 0. The van der Waals surface area contributed by atoms with Gasteiger partial charge in [-0.25, -0.2) is 0 Å². The molecule has 0 radical (unpaired) electrons. The largest absolute Gasteiger partial charge is 0.376 e. The second-order valence-electron chi connectivity index (χ2n) is 8.46. The van der Waals surface area contributed by atoms with Gasteiger partial charge in [0, 0.05) is 0 Å². The van der Waals surface area contributed by atoms with Gasteiger partial charge in [-0.05, 0) is 48.6 Å². The zero-order chi connectivity index (χ0) is 22.0. The molecule has 3 N–H and O–H groups in total. The van der Waals surface area contributed by atoms with Gasteiger partial charge in [0.15, 0.2) is 0 Å². The van der Waals surface area contributed by atoms with Gasteiger partial charge in [-0.3, -0.25) is 0 Å². The lowest BCUT2D eigenvalue weighted by molar-refractivity contribution is 0.125. The van der Waals surface area contributed by atoms with Gasteiger partial charge in [0.2, 0.25) is 0 Å². The normalized spacial score (nSPS) is 12.5. The Kier molecular flexibility index (Phi) is 5.77. The highest BCUT2D eigenvalue weighted by molar-refractivity contribution is 5.49. The van der Waals surface area contributed by atoms with Crippen molar-refractivity contribution < 1.29 is 5.11 Å². The molecule has 0 amide bonds. The van der Waals surface area contributed by atoms with Crippen LogP contribution >= 0.6 is 0 Å². The summed E-state index contributed by atoms with van der Waals surface area (Å²) in [5.74, 6) is 0. The minimum Gasteiger partial charge on any atom is -0.376 e. The van der Waals surface area contributed by atoms with E-state index in [4.69, 9.17) is 5.73 Å². The summed E-state index contributed by atoms with van der Waals surface area (Å²) in [5.41, 5.74) is 13.4. The smallest absolute Gasteiger partial charge is 0.140 e. The van der Waals surface area contributed by atoms with Crippen molar-refractivity contribution in [1.82, 2.24) is 0 Å². The van der Waals surface area contributed by atoms with Crippen molar-refractivity contribution in [3.8, 4) is 0 Å². The van der Waals surface area contributed by atoms with Crippen LogP contribution in [-0.2, 0) is 5.60 Å². The zero-order valence-electron chi connectivity index (χ0n) is 18.3. The highest BCUT2D eigenvalue weighted by Gasteiger charge is 2.34. The zero-order valence-corrected chi connectivity index (χ0v) is 18.3. The Hall–Kier alpha value is -3.20. The lowest BCUT2D eigenvalue weighted by Gasteiger charge is -2.31. The van der Waals surface area contributed by atoms with Gasteiger partial charge in [-0.2, -0.15) is 0 Å². The van der Waals surface area contributed by atoms with Gasteiger partial charge in [-0.1, -0.05) is 114 Å². The Morgan fingerprint density at radius 1 is 0.581 bits per heavy atom. The van der Waals surface area contributed by atoms with Crippen LogP contribution < -0.4 is 5.73 Å². The first kappa shape index (κ1) is 21.0. The summed E-state index contributed by atoms with van der Waals surface area (Å²) in [5, 5.41) is 12.2. The Morgan fingerprint density at radius 3 is 1.52 bits per heavy atom. The lowest BCUT2D eigenvalue weighted by Crippen LogP contribution is -2.29. The molecule has 0 aromatic heterocycles. The monoisotopic (exact) mass is 407 g/mol. The highest BCUT2D eigenvalue weighted by atomic mass is 16.3. The number of benzene rings is 4. The van der Waals surface area contributed by atoms with Gasteiger partial charge in [0.25, 0.3) is 0 Å². The summed E-state index contributed by atoms with van der Waals surface area (Å²) in [7, 11) is 0. The first-order chi connectivity index (χ1) is 14.9. The summed E-state index contributed by atoms with van der Waals surface area (Å²) >= 11 is 0. The molecule has 4 aromatic carbocycles. The quantitative estimate of drug-likeness (QED) is 0.402. The van der Waals surface area contributed by atoms with E-state index in [1.807, 2.05) is 72.8 Å². The lowest BCUT2D eigenvalue weighted by atomic mass is 9.79. The fourth-order valence-corrected chi connectivity index (χ4v) is 4.01. The number of rotatable bonds is 5. The molecule has 0 aliphatic carbocycles. The van der Waals surface area contributed by atoms with Crippen LogP contribution in [0.3, 0.4) is 0 Å². The van der Waals surface area contributed by atoms with Crippen molar-refractivity contribution in [3.05, 3.63) is 142 Å². The molecule has 1 unspecified atom stereocenters. The van der Waals surface area contributed by atoms with Crippen molar-refractivity contribution in [3.63, 3.8) is 0 Å². The molecule has 2 nitrogen and oxygen atoms in total. The Labute approximate surface area is 185 Å². The molecule has 31 heavy (non-hydrogen) atoms. The number of aliphatic hydroxyl groups is 1. The Bertz CT molecular complexity index is 1110. The topological polar surface area (TPSA) is 46.2 Å². The molecule has 2 heteroatoms. The maximum absolute atomic E-state index is 12.2. The van der Waals surface area contributed by atoms with Crippen LogP contribution in [0.25, 0.3) is 0 Å². The Balaban J connectivity index is 1.84. The molecule has 0 fully saturated rings. The number of aryl methyl sites for hydroxylation is 3. The van der Waals surface area contributed by atoms with Crippen LogP contribution in [0.15, 0.2) is 97.1 Å². The van der Waals surface area contributed by atoms with E-state index in [9.17, 15) is 5.11 Å². The third-order valence-electron chi connectivity index (χ3n) is 6.04. The van der Waals surface area contributed by atoms with Crippen molar-refractivity contribution in [2.75, 3.05) is 0 Å². The molecule has 156 valence electrons. The summed E-state index contributed by atoms with van der Waals surface area (Å²) in [6.07, 6.45) is 0. The Morgan fingerprint density at radius 2 is 1.03 bits per heavy atom. The molecule has 0 aliphatic rings. The molecule has 0 saturated carbocycles. The third-order valence-corrected chi connectivity index (χ3v) is 6.04. The van der Waals surface area contributed by atoms with Crippen LogP contribution in [0.4, 0.5) is 0 Å². The van der Waals surface area contributed by atoms with Crippen molar-refractivity contribution in [1.29, 1.82) is 0 Å². The third kappa shape index (κ3) is 4.18. The molecule has 0 aliphatic heterocycles. The number of hydrogen-bond acceptors (Lipinski definition) is 2. The van der Waals surface area contributed by atoms with Crippen LogP contribution in [0.2, 0.25) is 0 Å². The minimum absolute atomic E-state index is 0.263. The van der Waals surface area contributed by atoms with Gasteiger partial charge in [0.05, 0.1) is 6.04 Å². The summed E-state index contributed by atoms with van der Waals surface area (Å²) < 4.78 is 0. The van der Waals surface area contributed by atoms with Crippen molar-refractivity contribution in [2.45, 2.75) is 32.4 Å². The van der Waals surface area contributed by atoms with Crippen LogP contribution in [-0.4, -0.2) is 5.11 Å². The van der Waals surface area contributed by atoms with Crippen molar-refractivity contribution in [2.24, 2.45) is 5.73 Å². The van der Waals surface area contributed by atoms with E-state index in [0.29, 0.717) is 0 Å². The van der Waals surface area contributed by atoms with Gasteiger partial charge in [0.1, 0.15) is 5.60 Å². The van der Waals surface area contributed by atoms with E-state index in [1.54, 1.807) is 0 Å². The van der Waals surface area contributed by atoms with Gasteiger partial charge in [-0.15, -0.1) is 0 Å². The second-order valence-corrected chi connectivity index (χ2v) is 8.46.